The molecule has 3 heteroatoms. The summed E-state index contributed by atoms with van der Waals surface area (Å²) >= 11 is 0. The number of aliphatic imine (C=N–C) groups is 1. The molecular weight excluding hydrogens is 282 g/mol. The zero-order valence-corrected chi connectivity index (χ0v) is 14.5. The molecule has 23 heavy (non-hydrogen) atoms. The quantitative estimate of drug-likeness (QED) is 0.654. The van der Waals surface area contributed by atoms with Gasteiger partial charge in [-0.1, -0.05) is 32.8 Å². The van der Waals surface area contributed by atoms with E-state index in [1.807, 2.05) is 12.3 Å². The number of hydrogen-bond donors (Lipinski definition) is 1. The van der Waals surface area contributed by atoms with Crippen LogP contribution in [0, 0.1) is 0 Å². The van der Waals surface area contributed by atoms with Gasteiger partial charge in [0.1, 0.15) is 5.84 Å². The van der Waals surface area contributed by atoms with E-state index in [0.717, 1.165) is 30.8 Å². The van der Waals surface area contributed by atoms with Crippen molar-refractivity contribution >= 4 is 5.84 Å². The summed E-state index contributed by atoms with van der Waals surface area (Å²) in [6.07, 6.45) is 12.9. The largest absolute Gasteiger partial charge is 0.346 e. The predicted octanol–water partition coefficient (Wildman–Crippen LogP) is 4.97. The number of aromatic nitrogens is 1. The lowest BCUT2D eigenvalue weighted by atomic mass is 9.94. The van der Waals surface area contributed by atoms with E-state index >= 15 is 0 Å². The molecule has 1 aliphatic rings. The van der Waals surface area contributed by atoms with Crippen LogP contribution in [0.2, 0.25) is 0 Å². The standard InChI is InChI=1S/C20H29N3/c1-4-7-10-16-13-22-20(23-14-16)18-11-12-19(21-15-18)17(8-5-2)9-6-3/h4,11-13,15,17H,1,5-10,14H2,2-3H3,(H,22,23). The topological polar surface area (TPSA) is 37.3 Å². The van der Waals surface area contributed by atoms with Crippen molar-refractivity contribution in [1.82, 2.24) is 10.3 Å². The number of nitrogens with zero attached hydrogens (tertiary/aromatic N) is 2. The fourth-order valence-electron chi connectivity index (χ4n) is 2.98. The molecule has 0 fully saturated rings. The highest BCUT2D eigenvalue weighted by molar-refractivity contribution is 5.99. The van der Waals surface area contributed by atoms with Crippen LogP contribution in [-0.2, 0) is 0 Å². The lowest BCUT2D eigenvalue weighted by Gasteiger charge is -2.17. The van der Waals surface area contributed by atoms with Crippen molar-refractivity contribution in [2.24, 2.45) is 4.99 Å². The molecule has 0 unspecified atom stereocenters. The number of hydrogen-bond acceptors (Lipinski definition) is 3. The van der Waals surface area contributed by atoms with Gasteiger partial charge in [-0.25, -0.2) is 0 Å². The van der Waals surface area contributed by atoms with E-state index in [0.29, 0.717) is 5.92 Å². The third kappa shape index (κ3) is 5.05. The van der Waals surface area contributed by atoms with Crippen molar-refractivity contribution in [3.8, 4) is 0 Å². The number of rotatable bonds is 9. The Labute approximate surface area is 140 Å². The smallest absolute Gasteiger partial charge is 0.134 e. The van der Waals surface area contributed by atoms with E-state index in [1.165, 1.54) is 37.0 Å². The molecular formula is C20H29N3. The summed E-state index contributed by atoms with van der Waals surface area (Å²) in [5, 5.41) is 3.31. The van der Waals surface area contributed by atoms with Gasteiger partial charge in [-0.05, 0) is 43.4 Å². The van der Waals surface area contributed by atoms with Crippen LogP contribution in [0.1, 0.15) is 69.5 Å². The minimum absolute atomic E-state index is 0.589. The summed E-state index contributed by atoms with van der Waals surface area (Å²) in [4.78, 5) is 9.35. The zero-order chi connectivity index (χ0) is 16.5. The van der Waals surface area contributed by atoms with Crippen LogP contribution in [0.4, 0.5) is 0 Å². The Morgan fingerprint density at radius 2 is 2.04 bits per heavy atom. The molecule has 124 valence electrons. The van der Waals surface area contributed by atoms with E-state index in [-0.39, 0.29) is 0 Å². The minimum Gasteiger partial charge on any atom is -0.346 e. The minimum atomic E-state index is 0.589. The molecule has 1 aliphatic heterocycles. The summed E-state index contributed by atoms with van der Waals surface area (Å²) in [5.41, 5.74) is 3.61. The lowest BCUT2D eigenvalue weighted by molar-refractivity contribution is 0.548. The molecule has 1 N–H and O–H groups in total. The summed E-state index contributed by atoms with van der Waals surface area (Å²) < 4.78 is 0. The molecule has 1 aromatic heterocycles. The van der Waals surface area contributed by atoms with Gasteiger partial charge in [0.2, 0.25) is 0 Å². The SMILES string of the molecule is C=CCCC1=CNC(c2ccc(C(CCC)CCC)nc2)=NC1. The summed E-state index contributed by atoms with van der Waals surface area (Å²) in [7, 11) is 0. The molecule has 2 rings (SSSR count). The van der Waals surface area contributed by atoms with Crippen LogP contribution in [0.3, 0.4) is 0 Å². The maximum atomic E-state index is 4.71. The van der Waals surface area contributed by atoms with Crippen LogP contribution >= 0.6 is 0 Å². The van der Waals surface area contributed by atoms with E-state index in [1.54, 1.807) is 0 Å². The van der Waals surface area contributed by atoms with Crippen LogP contribution in [-0.4, -0.2) is 17.4 Å². The molecule has 0 radical (unpaired) electrons. The number of nitrogens with one attached hydrogen (secondary N) is 1. The van der Waals surface area contributed by atoms with Gasteiger partial charge in [-0.15, -0.1) is 6.58 Å². The normalized spacial score (nSPS) is 14.2. The molecule has 1 aromatic rings. The van der Waals surface area contributed by atoms with E-state index in [9.17, 15) is 0 Å². The van der Waals surface area contributed by atoms with Gasteiger partial charge in [0, 0.05) is 29.6 Å². The molecule has 0 amide bonds. The average molecular weight is 311 g/mol. The first-order valence-electron chi connectivity index (χ1n) is 8.84. The van der Waals surface area contributed by atoms with Crippen LogP contribution in [0.5, 0.6) is 0 Å². The predicted molar refractivity (Wildman–Crippen MR) is 98.8 cm³/mol. The van der Waals surface area contributed by atoms with E-state index in [4.69, 9.17) is 4.98 Å². The van der Waals surface area contributed by atoms with Crippen molar-refractivity contribution < 1.29 is 0 Å². The first-order valence-corrected chi connectivity index (χ1v) is 8.84. The Kier molecular flexibility index (Phi) is 7.05. The number of allylic oxidation sites excluding steroid dienone is 1. The molecule has 0 bridgehead atoms. The second-order valence-electron chi connectivity index (χ2n) is 6.19. The van der Waals surface area contributed by atoms with E-state index in [2.05, 4.69) is 49.1 Å². The van der Waals surface area contributed by atoms with Gasteiger partial charge >= 0.3 is 0 Å². The Bertz CT molecular complexity index is 549. The number of pyridine rings is 1. The maximum Gasteiger partial charge on any atom is 0.134 e. The van der Waals surface area contributed by atoms with Gasteiger partial charge in [0.25, 0.3) is 0 Å². The average Bonchev–Trinajstić information content (AvgIpc) is 2.60. The Hall–Kier alpha value is -1.90. The Balaban J connectivity index is 2.00. The molecule has 0 aliphatic carbocycles. The molecule has 0 spiro atoms. The summed E-state index contributed by atoms with van der Waals surface area (Å²) in [5.74, 6) is 1.51. The monoisotopic (exact) mass is 311 g/mol. The second-order valence-corrected chi connectivity index (χ2v) is 6.19. The third-order valence-electron chi connectivity index (χ3n) is 4.28. The highest BCUT2D eigenvalue weighted by Gasteiger charge is 2.13. The lowest BCUT2D eigenvalue weighted by Crippen LogP contribution is -2.24. The van der Waals surface area contributed by atoms with Gasteiger partial charge in [-0.2, -0.15) is 0 Å². The highest BCUT2D eigenvalue weighted by Crippen LogP contribution is 2.24. The fraction of sp³-hybridized carbons (Fsp3) is 0.500. The molecule has 3 nitrogen and oxygen atoms in total. The first-order chi connectivity index (χ1) is 11.3. The van der Waals surface area contributed by atoms with Crippen molar-refractivity contribution in [1.29, 1.82) is 0 Å². The highest BCUT2D eigenvalue weighted by atomic mass is 15.0. The summed E-state index contributed by atoms with van der Waals surface area (Å²) in [6, 6.07) is 4.32. The van der Waals surface area contributed by atoms with Gasteiger partial charge in [-0.3, -0.25) is 9.98 Å². The zero-order valence-electron chi connectivity index (χ0n) is 14.5. The van der Waals surface area contributed by atoms with Gasteiger partial charge in [0.15, 0.2) is 0 Å². The van der Waals surface area contributed by atoms with Gasteiger partial charge < -0.3 is 5.32 Å². The third-order valence-corrected chi connectivity index (χ3v) is 4.28. The second kappa shape index (κ2) is 9.29. The van der Waals surface area contributed by atoms with Crippen LogP contribution < -0.4 is 5.32 Å². The number of amidine groups is 1. The fourth-order valence-corrected chi connectivity index (χ4v) is 2.98. The van der Waals surface area contributed by atoms with Crippen molar-refractivity contribution in [3.05, 3.63) is 54.0 Å². The molecule has 2 heterocycles. The maximum absolute atomic E-state index is 4.71. The van der Waals surface area contributed by atoms with Gasteiger partial charge in [0.05, 0.1) is 6.54 Å². The molecule has 0 saturated carbocycles. The molecule has 0 saturated heterocycles. The van der Waals surface area contributed by atoms with E-state index < -0.39 is 0 Å². The van der Waals surface area contributed by atoms with Crippen molar-refractivity contribution in [3.63, 3.8) is 0 Å². The molecule has 0 aromatic carbocycles. The summed E-state index contributed by atoms with van der Waals surface area (Å²) in [6.45, 7) is 9.02. The van der Waals surface area contributed by atoms with Crippen LogP contribution in [0.25, 0.3) is 0 Å². The first kappa shape index (κ1) is 17.5. The Morgan fingerprint density at radius 1 is 1.26 bits per heavy atom. The molecule has 0 atom stereocenters. The Morgan fingerprint density at radius 3 is 2.57 bits per heavy atom. The van der Waals surface area contributed by atoms with Crippen molar-refractivity contribution in [2.75, 3.05) is 6.54 Å². The van der Waals surface area contributed by atoms with Crippen LogP contribution in [0.15, 0.2) is 47.7 Å². The van der Waals surface area contributed by atoms with Crippen molar-refractivity contribution in [2.45, 2.75) is 58.3 Å².